The molecule has 0 spiro atoms. The number of amides is 1. The molecule has 0 radical (unpaired) electrons. The van der Waals surface area contributed by atoms with Crippen molar-refractivity contribution in [2.75, 3.05) is 18.5 Å². The molecule has 1 N–H and O–H groups in total. The summed E-state index contributed by atoms with van der Waals surface area (Å²) in [4.78, 5) is 12.5. The molecule has 0 saturated carbocycles. The highest BCUT2D eigenvalue weighted by Gasteiger charge is 2.16. The standard InChI is InChI=1S/C21H25NO3/c1-3-16-7-4-6-15(2)20(16)22-21(23)17-9-11-18(12-10-17)25-14-19-8-5-13-24-19/h4,6-7,9-12,19H,3,5,8,13-14H2,1-2H3,(H,22,23)/t19-/m1/s1. The van der Waals surface area contributed by atoms with E-state index in [4.69, 9.17) is 9.47 Å². The third-order valence-corrected chi connectivity index (χ3v) is 4.55. The van der Waals surface area contributed by atoms with E-state index in [9.17, 15) is 4.79 Å². The lowest BCUT2D eigenvalue weighted by Gasteiger charge is -2.14. The van der Waals surface area contributed by atoms with Crippen molar-refractivity contribution in [3.63, 3.8) is 0 Å². The van der Waals surface area contributed by atoms with Crippen LogP contribution in [0.5, 0.6) is 5.75 Å². The molecule has 1 fully saturated rings. The van der Waals surface area contributed by atoms with Crippen LogP contribution in [0.3, 0.4) is 0 Å². The van der Waals surface area contributed by atoms with Crippen molar-refractivity contribution in [2.24, 2.45) is 0 Å². The van der Waals surface area contributed by atoms with Crippen molar-refractivity contribution in [1.29, 1.82) is 0 Å². The minimum atomic E-state index is -0.102. The van der Waals surface area contributed by atoms with Crippen molar-refractivity contribution in [3.05, 3.63) is 59.2 Å². The summed E-state index contributed by atoms with van der Waals surface area (Å²) in [6.45, 7) is 5.49. The fourth-order valence-electron chi connectivity index (χ4n) is 3.06. The molecular formula is C21H25NO3. The van der Waals surface area contributed by atoms with Crippen molar-refractivity contribution in [2.45, 2.75) is 39.2 Å². The first-order valence-corrected chi connectivity index (χ1v) is 8.91. The Kier molecular flexibility index (Phi) is 5.71. The Morgan fingerprint density at radius 3 is 2.72 bits per heavy atom. The number of anilines is 1. The summed E-state index contributed by atoms with van der Waals surface area (Å²) in [7, 11) is 0. The number of hydrogen-bond donors (Lipinski definition) is 1. The molecule has 0 aliphatic carbocycles. The van der Waals surface area contributed by atoms with Gasteiger partial charge in [-0.05, 0) is 61.6 Å². The van der Waals surface area contributed by atoms with Crippen LogP contribution >= 0.6 is 0 Å². The van der Waals surface area contributed by atoms with E-state index in [1.54, 1.807) is 12.1 Å². The Labute approximate surface area is 149 Å². The van der Waals surface area contributed by atoms with Gasteiger partial charge in [-0.15, -0.1) is 0 Å². The summed E-state index contributed by atoms with van der Waals surface area (Å²) in [5, 5.41) is 3.04. The maximum absolute atomic E-state index is 12.5. The summed E-state index contributed by atoms with van der Waals surface area (Å²) in [5.74, 6) is 0.659. The Bertz CT molecular complexity index is 718. The van der Waals surface area contributed by atoms with Crippen molar-refractivity contribution in [1.82, 2.24) is 0 Å². The normalized spacial score (nSPS) is 16.6. The number of nitrogens with one attached hydrogen (secondary N) is 1. The van der Waals surface area contributed by atoms with Crippen LogP contribution in [0, 0.1) is 6.92 Å². The Morgan fingerprint density at radius 1 is 1.24 bits per heavy atom. The van der Waals surface area contributed by atoms with Crippen molar-refractivity contribution in [3.8, 4) is 5.75 Å². The summed E-state index contributed by atoms with van der Waals surface area (Å²) in [6.07, 6.45) is 3.23. The van der Waals surface area contributed by atoms with Gasteiger partial charge < -0.3 is 14.8 Å². The highest BCUT2D eigenvalue weighted by atomic mass is 16.5. The molecule has 1 heterocycles. The quantitative estimate of drug-likeness (QED) is 0.850. The van der Waals surface area contributed by atoms with E-state index < -0.39 is 0 Å². The van der Waals surface area contributed by atoms with Gasteiger partial charge in [0.15, 0.2) is 0 Å². The number of aryl methyl sites for hydroxylation is 2. The fraction of sp³-hybridized carbons (Fsp3) is 0.381. The summed E-state index contributed by atoms with van der Waals surface area (Å²) in [5.41, 5.74) is 3.75. The molecular weight excluding hydrogens is 314 g/mol. The van der Waals surface area contributed by atoms with Crippen LogP contribution in [0.25, 0.3) is 0 Å². The zero-order valence-corrected chi connectivity index (χ0v) is 14.9. The van der Waals surface area contributed by atoms with E-state index >= 15 is 0 Å². The molecule has 1 aliphatic rings. The molecule has 2 aromatic carbocycles. The molecule has 0 bridgehead atoms. The molecule has 4 nitrogen and oxygen atoms in total. The van der Waals surface area contributed by atoms with Crippen molar-refractivity contribution >= 4 is 11.6 Å². The van der Waals surface area contributed by atoms with E-state index in [2.05, 4.69) is 12.2 Å². The number of carbonyl (C=O) groups excluding carboxylic acids is 1. The Morgan fingerprint density at radius 2 is 2.04 bits per heavy atom. The first-order valence-electron chi connectivity index (χ1n) is 8.91. The average Bonchev–Trinajstić information content (AvgIpc) is 3.15. The topological polar surface area (TPSA) is 47.6 Å². The molecule has 3 rings (SSSR count). The van der Waals surface area contributed by atoms with Gasteiger partial charge in [0, 0.05) is 17.9 Å². The van der Waals surface area contributed by atoms with E-state index in [1.807, 2.05) is 37.3 Å². The lowest BCUT2D eigenvalue weighted by atomic mass is 10.1. The smallest absolute Gasteiger partial charge is 0.255 e. The third-order valence-electron chi connectivity index (χ3n) is 4.55. The second-order valence-electron chi connectivity index (χ2n) is 6.39. The summed E-state index contributed by atoms with van der Waals surface area (Å²) in [6, 6.07) is 13.3. The van der Waals surface area contributed by atoms with Gasteiger partial charge in [0.25, 0.3) is 5.91 Å². The summed E-state index contributed by atoms with van der Waals surface area (Å²) >= 11 is 0. The maximum Gasteiger partial charge on any atom is 0.255 e. The molecule has 2 aromatic rings. The molecule has 4 heteroatoms. The van der Waals surface area contributed by atoms with Crippen LogP contribution in [0.1, 0.15) is 41.3 Å². The molecule has 0 unspecified atom stereocenters. The molecule has 1 atom stereocenters. The average molecular weight is 339 g/mol. The van der Waals surface area contributed by atoms with Crippen LogP contribution in [-0.2, 0) is 11.2 Å². The lowest BCUT2D eigenvalue weighted by Crippen LogP contribution is -2.16. The van der Waals surface area contributed by atoms with Gasteiger partial charge in [0.2, 0.25) is 0 Å². The first kappa shape index (κ1) is 17.5. The Hall–Kier alpha value is -2.33. The van der Waals surface area contributed by atoms with E-state index in [-0.39, 0.29) is 12.0 Å². The number of para-hydroxylation sites is 1. The van der Waals surface area contributed by atoms with Crippen LogP contribution < -0.4 is 10.1 Å². The van der Waals surface area contributed by atoms with Gasteiger partial charge in [-0.25, -0.2) is 0 Å². The van der Waals surface area contributed by atoms with Crippen LogP contribution in [0.4, 0.5) is 5.69 Å². The van der Waals surface area contributed by atoms with Gasteiger partial charge in [0.05, 0.1) is 6.10 Å². The SMILES string of the molecule is CCc1cccc(C)c1NC(=O)c1ccc(OC[C@H]2CCCO2)cc1. The fourth-order valence-corrected chi connectivity index (χ4v) is 3.06. The van der Waals surface area contributed by atoms with E-state index in [0.717, 1.165) is 48.4 Å². The van der Waals surface area contributed by atoms with Gasteiger partial charge in [-0.3, -0.25) is 4.79 Å². The third kappa shape index (κ3) is 4.40. The predicted octanol–water partition coefficient (Wildman–Crippen LogP) is 4.37. The predicted molar refractivity (Wildman–Crippen MR) is 99.4 cm³/mol. The van der Waals surface area contributed by atoms with Gasteiger partial charge in [0.1, 0.15) is 12.4 Å². The van der Waals surface area contributed by atoms with E-state index in [1.165, 1.54) is 0 Å². The zero-order valence-electron chi connectivity index (χ0n) is 14.9. The molecule has 25 heavy (non-hydrogen) atoms. The second-order valence-corrected chi connectivity index (χ2v) is 6.39. The molecule has 132 valence electrons. The van der Waals surface area contributed by atoms with Gasteiger partial charge >= 0.3 is 0 Å². The minimum absolute atomic E-state index is 0.102. The second kappa shape index (κ2) is 8.17. The highest BCUT2D eigenvalue weighted by molar-refractivity contribution is 6.05. The van der Waals surface area contributed by atoms with Gasteiger partial charge in [-0.2, -0.15) is 0 Å². The molecule has 0 aromatic heterocycles. The minimum Gasteiger partial charge on any atom is -0.491 e. The lowest BCUT2D eigenvalue weighted by molar-refractivity contribution is 0.0679. The number of hydrogen-bond acceptors (Lipinski definition) is 3. The van der Waals surface area contributed by atoms with Crippen LogP contribution in [-0.4, -0.2) is 25.2 Å². The zero-order chi connectivity index (χ0) is 17.6. The molecule has 1 saturated heterocycles. The largest absolute Gasteiger partial charge is 0.491 e. The number of benzene rings is 2. The maximum atomic E-state index is 12.5. The van der Waals surface area contributed by atoms with Crippen LogP contribution in [0.2, 0.25) is 0 Å². The molecule has 1 amide bonds. The Balaban J connectivity index is 1.62. The summed E-state index contributed by atoms with van der Waals surface area (Å²) < 4.78 is 11.3. The number of ether oxygens (including phenoxy) is 2. The van der Waals surface area contributed by atoms with Crippen LogP contribution in [0.15, 0.2) is 42.5 Å². The number of carbonyl (C=O) groups is 1. The highest BCUT2D eigenvalue weighted by Crippen LogP contribution is 2.22. The number of rotatable bonds is 6. The monoisotopic (exact) mass is 339 g/mol. The van der Waals surface area contributed by atoms with Crippen molar-refractivity contribution < 1.29 is 14.3 Å². The van der Waals surface area contributed by atoms with Gasteiger partial charge in [-0.1, -0.05) is 25.1 Å². The molecule has 1 aliphatic heterocycles. The first-order chi connectivity index (χ1) is 12.2. The van der Waals surface area contributed by atoms with E-state index in [0.29, 0.717) is 12.2 Å².